The summed E-state index contributed by atoms with van der Waals surface area (Å²) in [4.78, 5) is 8.69. The summed E-state index contributed by atoms with van der Waals surface area (Å²) in [6.45, 7) is 0. The molecular formula is C12H7IN2. The molecule has 0 bridgehead atoms. The Labute approximate surface area is 100 Å². The lowest BCUT2D eigenvalue weighted by Crippen LogP contribution is -1.87. The van der Waals surface area contributed by atoms with Gasteiger partial charge in [-0.15, -0.1) is 0 Å². The lowest BCUT2D eigenvalue weighted by Gasteiger charge is -2.03. The first-order valence-corrected chi connectivity index (χ1v) is 5.72. The fourth-order valence-electron chi connectivity index (χ4n) is 1.72. The molecule has 0 spiro atoms. The summed E-state index contributed by atoms with van der Waals surface area (Å²) in [6, 6.07) is 10.4. The zero-order chi connectivity index (χ0) is 10.3. The van der Waals surface area contributed by atoms with Gasteiger partial charge in [-0.2, -0.15) is 0 Å². The molecule has 3 heteroatoms. The molecule has 72 valence electrons. The van der Waals surface area contributed by atoms with Gasteiger partial charge < -0.3 is 0 Å². The first-order chi connectivity index (χ1) is 7.36. The van der Waals surface area contributed by atoms with Crippen molar-refractivity contribution in [3.05, 3.63) is 46.3 Å². The maximum absolute atomic E-state index is 4.36. The zero-order valence-electron chi connectivity index (χ0n) is 7.81. The highest BCUT2D eigenvalue weighted by molar-refractivity contribution is 14.1. The van der Waals surface area contributed by atoms with Gasteiger partial charge in [-0.3, -0.25) is 9.97 Å². The highest BCUT2D eigenvalue weighted by atomic mass is 127. The van der Waals surface area contributed by atoms with Crippen molar-refractivity contribution in [2.75, 3.05) is 0 Å². The molecule has 0 aliphatic heterocycles. The van der Waals surface area contributed by atoms with Crippen LogP contribution in [-0.4, -0.2) is 9.97 Å². The van der Waals surface area contributed by atoms with E-state index in [-0.39, 0.29) is 0 Å². The van der Waals surface area contributed by atoms with Crippen molar-refractivity contribution in [1.82, 2.24) is 9.97 Å². The SMILES string of the molecule is Ic1c2ccccc2cc2nccnc12. The van der Waals surface area contributed by atoms with Crippen LogP contribution in [0.25, 0.3) is 21.8 Å². The predicted octanol–water partition coefficient (Wildman–Crippen LogP) is 3.39. The number of nitrogens with zero attached hydrogens (tertiary/aromatic N) is 2. The molecule has 0 radical (unpaired) electrons. The Kier molecular flexibility index (Phi) is 2.05. The van der Waals surface area contributed by atoms with E-state index >= 15 is 0 Å². The second-order valence-corrected chi connectivity index (χ2v) is 4.41. The minimum atomic E-state index is 0.959. The quantitative estimate of drug-likeness (QED) is 0.470. The van der Waals surface area contributed by atoms with Crippen LogP contribution in [0.3, 0.4) is 0 Å². The van der Waals surface area contributed by atoms with Crippen molar-refractivity contribution in [2.45, 2.75) is 0 Å². The Morgan fingerprint density at radius 3 is 2.73 bits per heavy atom. The molecule has 0 amide bonds. The summed E-state index contributed by atoms with van der Waals surface area (Å²) >= 11 is 2.33. The number of hydrogen-bond acceptors (Lipinski definition) is 2. The molecule has 1 heterocycles. The van der Waals surface area contributed by atoms with Crippen molar-refractivity contribution in [3.8, 4) is 0 Å². The van der Waals surface area contributed by atoms with E-state index in [1.54, 1.807) is 12.4 Å². The second kappa shape index (κ2) is 3.41. The van der Waals surface area contributed by atoms with Gasteiger partial charge in [0.2, 0.25) is 0 Å². The standard InChI is InChI=1S/C12H7IN2/c13-11-9-4-2-1-3-8(9)7-10-12(11)15-6-5-14-10/h1-7H. The van der Waals surface area contributed by atoms with Gasteiger partial charge in [0.15, 0.2) is 0 Å². The van der Waals surface area contributed by atoms with E-state index in [0.717, 1.165) is 11.0 Å². The predicted molar refractivity (Wildman–Crippen MR) is 69.8 cm³/mol. The Balaban J connectivity index is 2.60. The van der Waals surface area contributed by atoms with Crippen LogP contribution in [0.1, 0.15) is 0 Å². The molecule has 0 unspecified atom stereocenters. The third-order valence-electron chi connectivity index (χ3n) is 2.42. The van der Waals surface area contributed by atoms with Crippen molar-refractivity contribution in [1.29, 1.82) is 0 Å². The lowest BCUT2D eigenvalue weighted by atomic mass is 10.1. The van der Waals surface area contributed by atoms with Gasteiger partial charge >= 0.3 is 0 Å². The number of hydrogen-bond donors (Lipinski definition) is 0. The minimum Gasteiger partial charge on any atom is -0.253 e. The van der Waals surface area contributed by atoms with Gasteiger partial charge in [-0.1, -0.05) is 24.3 Å². The molecule has 2 aromatic carbocycles. The highest BCUT2D eigenvalue weighted by Gasteiger charge is 2.05. The molecular weight excluding hydrogens is 299 g/mol. The average Bonchev–Trinajstić information content (AvgIpc) is 2.30. The smallest absolute Gasteiger partial charge is 0.103 e. The van der Waals surface area contributed by atoms with E-state index in [4.69, 9.17) is 0 Å². The molecule has 0 aliphatic rings. The summed E-state index contributed by atoms with van der Waals surface area (Å²) in [5.41, 5.74) is 1.94. The Bertz CT molecular complexity index is 595. The highest BCUT2D eigenvalue weighted by Crippen LogP contribution is 2.26. The van der Waals surface area contributed by atoms with E-state index in [0.29, 0.717) is 0 Å². The van der Waals surface area contributed by atoms with Crippen LogP contribution in [0.5, 0.6) is 0 Å². The fourth-order valence-corrected chi connectivity index (χ4v) is 2.63. The van der Waals surface area contributed by atoms with Gasteiger partial charge in [0.05, 0.1) is 5.52 Å². The Morgan fingerprint density at radius 1 is 1.00 bits per heavy atom. The topological polar surface area (TPSA) is 25.8 Å². The first kappa shape index (κ1) is 9.03. The van der Waals surface area contributed by atoms with Gasteiger partial charge in [0, 0.05) is 16.0 Å². The maximum atomic E-state index is 4.36. The van der Waals surface area contributed by atoms with Crippen LogP contribution in [-0.2, 0) is 0 Å². The summed E-state index contributed by atoms with van der Waals surface area (Å²) in [5.74, 6) is 0. The van der Waals surface area contributed by atoms with Crippen LogP contribution in [0.2, 0.25) is 0 Å². The lowest BCUT2D eigenvalue weighted by molar-refractivity contribution is 1.29. The molecule has 0 fully saturated rings. The second-order valence-electron chi connectivity index (χ2n) is 3.34. The van der Waals surface area contributed by atoms with Crippen LogP contribution in [0.4, 0.5) is 0 Å². The number of rotatable bonds is 0. The first-order valence-electron chi connectivity index (χ1n) is 4.64. The van der Waals surface area contributed by atoms with E-state index in [2.05, 4.69) is 50.8 Å². The fraction of sp³-hybridized carbons (Fsp3) is 0. The summed E-state index contributed by atoms with van der Waals surface area (Å²) in [5, 5.41) is 2.46. The van der Waals surface area contributed by atoms with Crippen molar-refractivity contribution >= 4 is 44.4 Å². The zero-order valence-corrected chi connectivity index (χ0v) is 9.97. The van der Waals surface area contributed by atoms with E-state index in [1.807, 2.05) is 12.1 Å². The Morgan fingerprint density at radius 2 is 1.80 bits per heavy atom. The van der Waals surface area contributed by atoms with Gasteiger partial charge in [0.1, 0.15) is 5.52 Å². The molecule has 0 N–H and O–H groups in total. The molecule has 0 saturated carbocycles. The molecule has 1 aromatic heterocycles. The summed E-state index contributed by atoms with van der Waals surface area (Å²) in [6.07, 6.45) is 3.46. The maximum Gasteiger partial charge on any atom is 0.103 e. The van der Waals surface area contributed by atoms with Crippen LogP contribution in [0.15, 0.2) is 42.7 Å². The molecule has 0 atom stereocenters. The summed E-state index contributed by atoms with van der Waals surface area (Å²) < 4.78 is 1.17. The molecule has 2 nitrogen and oxygen atoms in total. The molecule has 3 aromatic rings. The normalized spacial score (nSPS) is 11.0. The monoisotopic (exact) mass is 306 g/mol. The number of halogens is 1. The third kappa shape index (κ3) is 1.38. The van der Waals surface area contributed by atoms with Gasteiger partial charge in [-0.05, 0) is 39.4 Å². The van der Waals surface area contributed by atoms with Crippen LogP contribution in [0, 0.1) is 3.57 Å². The number of benzene rings is 2. The van der Waals surface area contributed by atoms with E-state index in [1.165, 1.54) is 14.3 Å². The van der Waals surface area contributed by atoms with Crippen LogP contribution < -0.4 is 0 Å². The number of fused-ring (bicyclic) bond motifs is 2. The summed E-state index contributed by atoms with van der Waals surface area (Å²) in [7, 11) is 0. The van der Waals surface area contributed by atoms with Crippen LogP contribution >= 0.6 is 22.6 Å². The minimum absolute atomic E-state index is 0.959. The Hall–Kier alpha value is -1.23. The number of aromatic nitrogens is 2. The molecule has 0 aliphatic carbocycles. The largest absolute Gasteiger partial charge is 0.253 e. The van der Waals surface area contributed by atoms with Gasteiger partial charge in [0.25, 0.3) is 0 Å². The molecule has 0 saturated heterocycles. The van der Waals surface area contributed by atoms with Gasteiger partial charge in [-0.25, -0.2) is 0 Å². The average molecular weight is 306 g/mol. The molecule has 3 rings (SSSR count). The van der Waals surface area contributed by atoms with Crippen molar-refractivity contribution in [2.24, 2.45) is 0 Å². The van der Waals surface area contributed by atoms with E-state index in [9.17, 15) is 0 Å². The van der Waals surface area contributed by atoms with Crippen molar-refractivity contribution in [3.63, 3.8) is 0 Å². The third-order valence-corrected chi connectivity index (χ3v) is 3.52. The molecule has 15 heavy (non-hydrogen) atoms. The van der Waals surface area contributed by atoms with E-state index < -0.39 is 0 Å². The van der Waals surface area contributed by atoms with Crippen molar-refractivity contribution < 1.29 is 0 Å².